The Labute approximate surface area is 83.2 Å². The molecule has 2 aliphatic rings. The minimum absolute atomic E-state index is 0.203. The van der Waals surface area contributed by atoms with Crippen molar-refractivity contribution in [3.05, 3.63) is 0 Å². The second-order valence-corrected chi connectivity index (χ2v) is 2.81. The van der Waals surface area contributed by atoms with Crippen molar-refractivity contribution in [3.63, 3.8) is 0 Å². The molecule has 0 bridgehead atoms. The standard InChI is InChI=1S/C7H2N4O2S/c12-6-8-1-3(10-6)5(14)4-2-9-7(13)11-4/h1-2H. The number of hydrogen-bond acceptors (Lipinski definition) is 3. The molecule has 0 radical (unpaired) electrons. The molecular formula is C7H2N4O2S. The molecule has 0 spiro atoms. The highest BCUT2D eigenvalue weighted by Gasteiger charge is 2.20. The number of rotatable bonds is 2. The molecule has 2 rings (SSSR count). The molecule has 0 saturated carbocycles. The Bertz CT molecular complexity index is 430. The molecule has 0 N–H and O–H groups in total. The van der Waals surface area contributed by atoms with Crippen LogP contribution in [0.3, 0.4) is 0 Å². The lowest BCUT2D eigenvalue weighted by atomic mass is 10.2. The Morgan fingerprint density at radius 2 is 1.43 bits per heavy atom. The third kappa shape index (κ3) is 1.44. The van der Waals surface area contributed by atoms with Crippen LogP contribution in [0.5, 0.6) is 0 Å². The van der Waals surface area contributed by atoms with Crippen LogP contribution in [0.4, 0.5) is 9.59 Å². The van der Waals surface area contributed by atoms with Gasteiger partial charge in [-0.25, -0.2) is 9.59 Å². The molecule has 0 atom stereocenters. The fourth-order valence-electron chi connectivity index (χ4n) is 0.904. The monoisotopic (exact) mass is 206 g/mol. The largest absolute Gasteiger partial charge is 0.367 e. The van der Waals surface area contributed by atoms with E-state index >= 15 is 0 Å². The summed E-state index contributed by atoms with van der Waals surface area (Å²) in [6, 6.07) is -1.21. The maximum absolute atomic E-state index is 10.7. The van der Waals surface area contributed by atoms with E-state index in [1.165, 1.54) is 12.4 Å². The van der Waals surface area contributed by atoms with Crippen molar-refractivity contribution in [3.8, 4) is 0 Å². The Balaban J connectivity index is 2.27. The molecule has 6 nitrogen and oxygen atoms in total. The topological polar surface area (TPSA) is 83.6 Å². The van der Waals surface area contributed by atoms with Gasteiger partial charge in [0.25, 0.3) is 0 Å². The average molecular weight is 206 g/mol. The minimum Gasteiger partial charge on any atom is -0.244 e. The summed E-state index contributed by atoms with van der Waals surface area (Å²) in [5.41, 5.74) is 0.481. The summed E-state index contributed by atoms with van der Waals surface area (Å²) in [6.07, 6.45) is 2.48. The lowest BCUT2D eigenvalue weighted by molar-refractivity contribution is 0.257. The summed E-state index contributed by atoms with van der Waals surface area (Å²) in [6.45, 7) is 0. The Hall–Kier alpha value is -1.89. The SMILES string of the molecule is O=C1N=CC(C(=S)C2=NC(=O)N=C2)=N1. The summed E-state index contributed by atoms with van der Waals surface area (Å²) in [4.78, 5) is 35.3. The van der Waals surface area contributed by atoms with E-state index in [1.54, 1.807) is 0 Å². The van der Waals surface area contributed by atoms with Gasteiger partial charge in [-0.05, 0) is 0 Å². The van der Waals surface area contributed by atoms with Crippen LogP contribution in [0, 0.1) is 0 Å². The van der Waals surface area contributed by atoms with Crippen molar-refractivity contribution >= 4 is 53.0 Å². The van der Waals surface area contributed by atoms with Crippen molar-refractivity contribution in [2.24, 2.45) is 20.0 Å². The van der Waals surface area contributed by atoms with E-state index in [1.807, 2.05) is 0 Å². The molecule has 0 fully saturated rings. The van der Waals surface area contributed by atoms with Crippen LogP contribution < -0.4 is 0 Å². The fourth-order valence-corrected chi connectivity index (χ4v) is 1.10. The van der Waals surface area contributed by atoms with Gasteiger partial charge in [0.05, 0.1) is 17.3 Å². The van der Waals surface area contributed by atoms with Crippen molar-refractivity contribution in [1.82, 2.24) is 0 Å². The van der Waals surface area contributed by atoms with Crippen LogP contribution in [0.25, 0.3) is 0 Å². The van der Waals surface area contributed by atoms with Crippen LogP contribution >= 0.6 is 12.2 Å². The number of carbonyl (C=O) groups is 2. The van der Waals surface area contributed by atoms with Gasteiger partial charge in [-0.2, -0.15) is 20.0 Å². The van der Waals surface area contributed by atoms with E-state index in [-0.39, 0.29) is 16.3 Å². The molecule has 2 heterocycles. The first-order valence-electron chi connectivity index (χ1n) is 3.55. The van der Waals surface area contributed by atoms with Gasteiger partial charge < -0.3 is 0 Å². The van der Waals surface area contributed by atoms with Crippen molar-refractivity contribution in [2.45, 2.75) is 0 Å². The lowest BCUT2D eigenvalue weighted by Crippen LogP contribution is -2.22. The number of aliphatic imine (C=N–C) groups is 4. The van der Waals surface area contributed by atoms with E-state index < -0.39 is 12.1 Å². The number of hydrogen-bond donors (Lipinski definition) is 0. The summed E-state index contributed by atoms with van der Waals surface area (Å²) in [5.74, 6) is 0. The van der Waals surface area contributed by atoms with E-state index in [0.717, 1.165) is 0 Å². The van der Waals surface area contributed by atoms with Gasteiger partial charge in [0.1, 0.15) is 11.4 Å². The first-order chi connectivity index (χ1) is 6.66. The number of amides is 4. The van der Waals surface area contributed by atoms with Gasteiger partial charge in [-0.1, -0.05) is 12.2 Å². The van der Waals surface area contributed by atoms with E-state index in [4.69, 9.17) is 12.2 Å². The van der Waals surface area contributed by atoms with Gasteiger partial charge in [-0.3, -0.25) is 0 Å². The number of thiocarbonyl (C=S) groups is 1. The maximum Gasteiger partial charge on any atom is 0.367 e. The van der Waals surface area contributed by atoms with Crippen molar-refractivity contribution < 1.29 is 9.59 Å². The fraction of sp³-hybridized carbons (Fsp3) is 0. The molecule has 68 valence electrons. The van der Waals surface area contributed by atoms with Gasteiger partial charge in [-0.15, -0.1) is 0 Å². The van der Waals surface area contributed by atoms with Gasteiger partial charge in [0.15, 0.2) is 0 Å². The van der Waals surface area contributed by atoms with E-state index in [9.17, 15) is 9.59 Å². The predicted molar refractivity (Wildman–Crippen MR) is 55.2 cm³/mol. The quantitative estimate of drug-likeness (QED) is 0.621. The first kappa shape index (κ1) is 8.70. The molecule has 2 aliphatic heterocycles. The maximum atomic E-state index is 10.7. The van der Waals surface area contributed by atoms with Gasteiger partial charge in [0.2, 0.25) is 0 Å². The zero-order valence-corrected chi connectivity index (χ0v) is 7.48. The summed E-state index contributed by atoms with van der Waals surface area (Å²) in [7, 11) is 0. The summed E-state index contributed by atoms with van der Waals surface area (Å²) >= 11 is 4.93. The summed E-state index contributed by atoms with van der Waals surface area (Å²) in [5, 5.41) is 0. The number of urea groups is 2. The molecule has 0 aromatic carbocycles. The molecule has 0 aliphatic carbocycles. The van der Waals surface area contributed by atoms with Crippen LogP contribution in [0.2, 0.25) is 0 Å². The van der Waals surface area contributed by atoms with Gasteiger partial charge in [0, 0.05) is 0 Å². The molecule has 0 aromatic heterocycles. The third-order valence-electron chi connectivity index (χ3n) is 1.49. The van der Waals surface area contributed by atoms with Crippen LogP contribution in [0.1, 0.15) is 0 Å². The third-order valence-corrected chi connectivity index (χ3v) is 1.91. The smallest absolute Gasteiger partial charge is 0.244 e. The predicted octanol–water partition coefficient (Wildman–Crippen LogP) is 0.647. The van der Waals surface area contributed by atoms with E-state index in [0.29, 0.717) is 0 Å². The molecule has 0 saturated heterocycles. The number of carbonyl (C=O) groups excluding carboxylic acids is 2. The number of nitrogens with zero attached hydrogens (tertiary/aromatic N) is 4. The Morgan fingerprint density at radius 3 is 1.71 bits per heavy atom. The average Bonchev–Trinajstić information content (AvgIpc) is 2.73. The Kier molecular flexibility index (Phi) is 1.93. The summed E-state index contributed by atoms with van der Waals surface area (Å²) < 4.78 is 0. The molecule has 14 heavy (non-hydrogen) atoms. The van der Waals surface area contributed by atoms with Crippen LogP contribution in [-0.4, -0.2) is 40.8 Å². The first-order valence-corrected chi connectivity index (χ1v) is 3.96. The van der Waals surface area contributed by atoms with Crippen LogP contribution in [-0.2, 0) is 0 Å². The molecule has 4 amide bonds. The van der Waals surface area contributed by atoms with Crippen molar-refractivity contribution in [1.29, 1.82) is 0 Å². The highest BCUT2D eigenvalue weighted by Crippen LogP contribution is 2.01. The Morgan fingerprint density at radius 1 is 1.00 bits per heavy atom. The normalized spacial score (nSPS) is 18.9. The van der Waals surface area contributed by atoms with E-state index in [2.05, 4.69) is 20.0 Å². The zero-order valence-electron chi connectivity index (χ0n) is 6.67. The van der Waals surface area contributed by atoms with Crippen molar-refractivity contribution in [2.75, 3.05) is 0 Å². The van der Waals surface area contributed by atoms with Gasteiger partial charge >= 0.3 is 12.1 Å². The molecule has 0 unspecified atom stereocenters. The lowest BCUT2D eigenvalue weighted by Gasteiger charge is -1.94. The second kappa shape index (κ2) is 3.11. The second-order valence-electron chi connectivity index (χ2n) is 2.40. The molecule has 0 aromatic rings. The highest BCUT2D eigenvalue weighted by atomic mass is 32.1. The zero-order chi connectivity index (χ0) is 10.1. The molecule has 7 heteroatoms. The van der Waals surface area contributed by atoms with Crippen LogP contribution in [0.15, 0.2) is 20.0 Å². The molecular weight excluding hydrogens is 204 g/mol. The highest BCUT2D eigenvalue weighted by molar-refractivity contribution is 7.84. The minimum atomic E-state index is -0.607.